The highest BCUT2D eigenvalue weighted by Crippen LogP contribution is 2.24. The number of benzene rings is 1. The molecule has 110 valence electrons. The lowest BCUT2D eigenvalue weighted by molar-refractivity contribution is 0.185. The van der Waals surface area contributed by atoms with Gasteiger partial charge in [-0.05, 0) is 32.4 Å². The molecule has 2 heterocycles. The molecule has 0 bridgehead atoms. The molecule has 0 aliphatic rings. The van der Waals surface area contributed by atoms with Crippen LogP contribution in [0.3, 0.4) is 0 Å². The van der Waals surface area contributed by atoms with Gasteiger partial charge in [0.05, 0.1) is 23.3 Å². The normalized spacial score (nSPS) is 13.0. The number of aromatic nitrogens is 3. The highest BCUT2D eigenvalue weighted by Gasteiger charge is 2.18. The number of fused-ring (bicyclic) bond motifs is 1. The lowest BCUT2D eigenvalue weighted by atomic mass is 10.1. The molecule has 2 aromatic heterocycles. The quantitative estimate of drug-likeness (QED) is 0.800. The van der Waals surface area contributed by atoms with Crippen LogP contribution >= 0.6 is 0 Å². The minimum atomic E-state index is -0.623. The molecule has 0 unspecified atom stereocenters. The van der Waals surface area contributed by atoms with Crippen LogP contribution in [-0.4, -0.2) is 19.8 Å². The van der Waals surface area contributed by atoms with Crippen LogP contribution in [0.2, 0.25) is 0 Å². The highest BCUT2D eigenvalue weighted by molar-refractivity contribution is 5.76. The molecule has 3 aromatic rings. The molecule has 1 N–H and O–H groups in total. The number of hydrogen-bond acceptors (Lipinski definition) is 4. The SMILES string of the molecule is CCc1noc(C)c1Cn1c([C@H](C)O)nc2ccccc21. The zero-order chi connectivity index (χ0) is 15.0. The zero-order valence-electron chi connectivity index (χ0n) is 12.5. The summed E-state index contributed by atoms with van der Waals surface area (Å²) in [6.07, 6.45) is 0.200. The zero-order valence-corrected chi connectivity index (χ0v) is 12.5. The number of aryl methyl sites for hydroxylation is 2. The lowest BCUT2D eigenvalue weighted by Gasteiger charge is -2.11. The molecule has 0 aliphatic heterocycles. The topological polar surface area (TPSA) is 64.1 Å². The van der Waals surface area contributed by atoms with Gasteiger partial charge in [-0.25, -0.2) is 4.98 Å². The van der Waals surface area contributed by atoms with Crippen molar-refractivity contribution in [3.63, 3.8) is 0 Å². The Labute approximate surface area is 123 Å². The maximum atomic E-state index is 10.0. The van der Waals surface area contributed by atoms with E-state index in [2.05, 4.69) is 17.1 Å². The second-order valence-electron chi connectivity index (χ2n) is 5.24. The third-order valence-electron chi connectivity index (χ3n) is 3.77. The summed E-state index contributed by atoms with van der Waals surface area (Å²) < 4.78 is 7.34. The molecule has 0 saturated carbocycles. The first kappa shape index (κ1) is 13.8. The van der Waals surface area contributed by atoms with Gasteiger partial charge in [0.2, 0.25) is 0 Å². The van der Waals surface area contributed by atoms with Crippen molar-refractivity contribution in [2.75, 3.05) is 0 Å². The molecular formula is C16H19N3O2. The van der Waals surface area contributed by atoms with Gasteiger partial charge in [0.1, 0.15) is 17.7 Å². The molecule has 0 aliphatic carbocycles. The monoisotopic (exact) mass is 285 g/mol. The van der Waals surface area contributed by atoms with E-state index in [0.29, 0.717) is 12.4 Å². The molecular weight excluding hydrogens is 266 g/mol. The van der Waals surface area contributed by atoms with Crippen molar-refractivity contribution in [2.24, 2.45) is 0 Å². The van der Waals surface area contributed by atoms with Gasteiger partial charge in [-0.15, -0.1) is 0 Å². The maximum absolute atomic E-state index is 10.0. The van der Waals surface area contributed by atoms with Crippen LogP contribution in [0.4, 0.5) is 0 Å². The average molecular weight is 285 g/mol. The summed E-state index contributed by atoms with van der Waals surface area (Å²) in [5.41, 5.74) is 3.93. The van der Waals surface area contributed by atoms with E-state index in [4.69, 9.17) is 4.52 Å². The Morgan fingerprint density at radius 3 is 2.81 bits per heavy atom. The third-order valence-corrected chi connectivity index (χ3v) is 3.77. The molecule has 5 heteroatoms. The standard InChI is InChI=1S/C16H19N3O2/c1-4-13-12(11(3)21-18-13)9-19-15-8-6-5-7-14(15)17-16(19)10(2)20/h5-8,10,20H,4,9H2,1-3H3/t10-/m0/s1. The fourth-order valence-corrected chi connectivity index (χ4v) is 2.65. The minimum absolute atomic E-state index is 0.610. The Balaban J connectivity index is 2.15. The second-order valence-corrected chi connectivity index (χ2v) is 5.24. The van der Waals surface area contributed by atoms with Crippen molar-refractivity contribution < 1.29 is 9.63 Å². The van der Waals surface area contributed by atoms with Crippen LogP contribution < -0.4 is 0 Å². The van der Waals surface area contributed by atoms with Crippen LogP contribution in [0.1, 0.15) is 42.8 Å². The van der Waals surface area contributed by atoms with E-state index in [1.54, 1.807) is 6.92 Å². The first-order valence-corrected chi connectivity index (χ1v) is 7.19. The van der Waals surface area contributed by atoms with Gasteiger partial charge in [-0.3, -0.25) is 0 Å². The van der Waals surface area contributed by atoms with E-state index in [9.17, 15) is 5.11 Å². The number of rotatable bonds is 4. The van der Waals surface area contributed by atoms with Gasteiger partial charge in [0, 0.05) is 5.56 Å². The molecule has 3 rings (SSSR count). The molecule has 21 heavy (non-hydrogen) atoms. The van der Waals surface area contributed by atoms with Crippen LogP contribution in [0.5, 0.6) is 0 Å². The van der Waals surface area contributed by atoms with Crippen molar-refractivity contribution in [2.45, 2.75) is 39.8 Å². The molecule has 1 aromatic carbocycles. The molecule has 1 atom stereocenters. The summed E-state index contributed by atoms with van der Waals surface area (Å²) in [6, 6.07) is 7.91. The number of hydrogen-bond donors (Lipinski definition) is 1. The summed E-state index contributed by atoms with van der Waals surface area (Å²) in [4.78, 5) is 4.54. The Hall–Kier alpha value is -2.14. The predicted octanol–water partition coefficient (Wildman–Crippen LogP) is 3.00. The predicted molar refractivity (Wildman–Crippen MR) is 80.1 cm³/mol. The van der Waals surface area contributed by atoms with E-state index in [1.807, 2.05) is 35.8 Å². The summed E-state index contributed by atoms with van der Waals surface area (Å²) in [7, 11) is 0. The Kier molecular flexibility index (Phi) is 3.51. The molecule has 0 amide bonds. The molecule has 0 spiro atoms. The molecule has 0 radical (unpaired) electrons. The van der Waals surface area contributed by atoms with E-state index < -0.39 is 6.10 Å². The molecule has 5 nitrogen and oxygen atoms in total. The van der Waals surface area contributed by atoms with Gasteiger partial charge in [0.15, 0.2) is 0 Å². The number of aliphatic hydroxyl groups is 1. The Morgan fingerprint density at radius 1 is 1.33 bits per heavy atom. The minimum Gasteiger partial charge on any atom is -0.385 e. The largest absolute Gasteiger partial charge is 0.385 e. The second kappa shape index (κ2) is 5.33. The van der Waals surface area contributed by atoms with Crippen LogP contribution in [-0.2, 0) is 13.0 Å². The summed E-state index contributed by atoms with van der Waals surface area (Å²) in [5.74, 6) is 1.49. The first-order valence-electron chi connectivity index (χ1n) is 7.19. The highest BCUT2D eigenvalue weighted by atomic mass is 16.5. The van der Waals surface area contributed by atoms with Crippen LogP contribution in [0.25, 0.3) is 11.0 Å². The molecule has 0 fully saturated rings. The summed E-state index contributed by atoms with van der Waals surface area (Å²) >= 11 is 0. The fraction of sp³-hybridized carbons (Fsp3) is 0.375. The van der Waals surface area contributed by atoms with Gasteiger partial charge < -0.3 is 14.2 Å². The number of imidazole rings is 1. The van der Waals surface area contributed by atoms with Gasteiger partial charge in [0.25, 0.3) is 0 Å². The number of para-hydroxylation sites is 2. The maximum Gasteiger partial charge on any atom is 0.138 e. The van der Waals surface area contributed by atoms with Gasteiger partial charge in [-0.2, -0.15) is 0 Å². The molecule has 0 saturated heterocycles. The lowest BCUT2D eigenvalue weighted by Crippen LogP contribution is -2.09. The van der Waals surface area contributed by atoms with Gasteiger partial charge >= 0.3 is 0 Å². The van der Waals surface area contributed by atoms with Crippen molar-refractivity contribution in [1.82, 2.24) is 14.7 Å². The third kappa shape index (κ3) is 2.34. The van der Waals surface area contributed by atoms with E-state index >= 15 is 0 Å². The van der Waals surface area contributed by atoms with Crippen LogP contribution in [0.15, 0.2) is 28.8 Å². The Morgan fingerprint density at radius 2 is 2.10 bits per heavy atom. The van der Waals surface area contributed by atoms with Crippen molar-refractivity contribution in [3.05, 3.63) is 47.1 Å². The smallest absolute Gasteiger partial charge is 0.138 e. The number of nitrogens with zero attached hydrogens (tertiary/aromatic N) is 3. The van der Waals surface area contributed by atoms with E-state index in [-0.39, 0.29) is 0 Å². The van der Waals surface area contributed by atoms with Crippen LogP contribution in [0, 0.1) is 6.92 Å². The fourth-order valence-electron chi connectivity index (χ4n) is 2.65. The summed E-state index contributed by atoms with van der Waals surface area (Å²) in [6.45, 7) is 6.32. The van der Waals surface area contributed by atoms with Crippen molar-refractivity contribution >= 4 is 11.0 Å². The first-order chi connectivity index (χ1) is 10.1. The summed E-state index contributed by atoms with van der Waals surface area (Å²) in [5, 5.41) is 14.1. The van der Waals surface area contributed by atoms with Gasteiger partial charge in [-0.1, -0.05) is 24.2 Å². The van der Waals surface area contributed by atoms with Crippen molar-refractivity contribution in [1.29, 1.82) is 0 Å². The van der Waals surface area contributed by atoms with Crippen molar-refractivity contribution in [3.8, 4) is 0 Å². The van der Waals surface area contributed by atoms with E-state index in [0.717, 1.165) is 34.5 Å². The Bertz CT molecular complexity index is 771. The number of aliphatic hydroxyl groups excluding tert-OH is 1. The van der Waals surface area contributed by atoms with E-state index in [1.165, 1.54) is 0 Å². The average Bonchev–Trinajstić information content (AvgIpc) is 3.02.